The lowest BCUT2D eigenvalue weighted by atomic mass is 9.99. The molecule has 5 heteroatoms. The monoisotopic (exact) mass is 250 g/mol. The van der Waals surface area contributed by atoms with Crippen molar-refractivity contribution in [3.05, 3.63) is 52.3 Å². The SMILES string of the molecule is Cc1c(Cl)cccc1C(NN)c1ccnn1C. The van der Waals surface area contributed by atoms with Crippen LogP contribution >= 0.6 is 11.6 Å². The summed E-state index contributed by atoms with van der Waals surface area (Å²) in [7, 11) is 1.89. The summed E-state index contributed by atoms with van der Waals surface area (Å²) in [6, 6.07) is 7.63. The van der Waals surface area contributed by atoms with Gasteiger partial charge in [0, 0.05) is 18.3 Å². The van der Waals surface area contributed by atoms with Crippen molar-refractivity contribution in [1.29, 1.82) is 0 Å². The van der Waals surface area contributed by atoms with Gasteiger partial charge in [-0.25, -0.2) is 5.43 Å². The van der Waals surface area contributed by atoms with Crippen LogP contribution in [0.1, 0.15) is 22.9 Å². The molecular formula is C12H15ClN4. The van der Waals surface area contributed by atoms with Crippen molar-refractivity contribution in [3.8, 4) is 0 Å². The number of nitrogens with one attached hydrogen (secondary N) is 1. The van der Waals surface area contributed by atoms with Crippen molar-refractivity contribution in [2.45, 2.75) is 13.0 Å². The molecule has 0 aliphatic rings. The molecule has 0 saturated heterocycles. The van der Waals surface area contributed by atoms with E-state index in [0.717, 1.165) is 21.8 Å². The van der Waals surface area contributed by atoms with Gasteiger partial charge in [-0.3, -0.25) is 10.5 Å². The van der Waals surface area contributed by atoms with Crippen molar-refractivity contribution in [2.75, 3.05) is 0 Å². The first-order valence-electron chi connectivity index (χ1n) is 5.34. The van der Waals surface area contributed by atoms with Gasteiger partial charge in [0.15, 0.2) is 0 Å². The molecule has 0 bridgehead atoms. The number of hydrazine groups is 1. The van der Waals surface area contributed by atoms with E-state index >= 15 is 0 Å². The van der Waals surface area contributed by atoms with E-state index in [1.807, 2.05) is 38.2 Å². The van der Waals surface area contributed by atoms with Gasteiger partial charge in [-0.05, 0) is 30.2 Å². The predicted octanol–water partition coefficient (Wildman–Crippen LogP) is 1.93. The fourth-order valence-electron chi connectivity index (χ4n) is 1.94. The van der Waals surface area contributed by atoms with Crippen molar-refractivity contribution in [2.24, 2.45) is 12.9 Å². The van der Waals surface area contributed by atoms with E-state index in [2.05, 4.69) is 10.5 Å². The van der Waals surface area contributed by atoms with E-state index in [1.54, 1.807) is 10.9 Å². The number of rotatable bonds is 3. The number of hydrogen-bond acceptors (Lipinski definition) is 3. The van der Waals surface area contributed by atoms with E-state index < -0.39 is 0 Å². The Labute approximate surface area is 105 Å². The van der Waals surface area contributed by atoms with Gasteiger partial charge in [0.25, 0.3) is 0 Å². The molecule has 1 aromatic heterocycles. The summed E-state index contributed by atoms with van der Waals surface area (Å²) in [6.07, 6.45) is 1.75. The van der Waals surface area contributed by atoms with Crippen molar-refractivity contribution in [3.63, 3.8) is 0 Å². The van der Waals surface area contributed by atoms with Crippen molar-refractivity contribution >= 4 is 11.6 Å². The van der Waals surface area contributed by atoms with Gasteiger partial charge < -0.3 is 0 Å². The number of hydrogen-bond donors (Lipinski definition) is 2. The molecule has 4 nitrogen and oxygen atoms in total. The van der Waals surface area contributed by atoms with Gasteiger partial charge in [-0.1, -0.05) is 23.7 Å². The van der Waals surface area contributed by atoms with E-state index in [-0.39, 0.29) is 6.04 Å². The smallest absolute Gasteiger partial charge is 0.0881 e. The lowest BCUT2D eigenvalue weighted by molar-refractivity contribution is 0.573. The zero-order chi connectivity index (χ0) is 12.4. The van der Waals surface area contributed by atoms with Gasteiger partial charge in [0.2, 0.25) is 0 Å². The molecule has 0 saturated carbocycles. The van der Waals surface area contributed by atoms with Crippen LogP contribution in [0, 0.1) is 6.92 Å². The van der Waals surface area contributed by atoms with Crippen LogP contribution in [0.15, 0.2) is 30.5 Å². The highest BCUT2D eigenvalue weighted by molar-refractivity contribution is 6.31. The second-order valence-corrected chi connectivity index (χ2v) is 4.34. The summed E-state index contributed by atoms with van der Waals surface area (Å²) in [5.74, 6) is 5.65. The van der Waals surface area contributed by atoms with E-state index in [0.29, 0.717) is 0 Å². The van der Waals surface area contributed by atoms with Crippen LogP contribution in [-0.4, -0.2) is 9.78 Å². The maximum Gasteiger partial charge on any atom is 0.0881 e. The molecule has 3 N–H and O–H groups in total. The predicted molar refractivity (Wildman–Crippen MR) is 68.6 cm³/mol. The average molecular weight is 251 g/mol. The fourth-order valence-corrected chi connectivity index (χ4v) is 2.12. The number of aryl methyl sites for hydroxylation is 1. The van der Waals surface area contributed by atoms with Crippen LogP contribution in [0.3, 0.4) is 0 Å². The maximum atomic E-state index is 6.13. The summed E-state index contributed by atoms with van der Waals surface area (Å²) >= 11 is 6.13. The maximum absolute atomic E-state index is 6.13. The molecule has 2 aromatic rings. The molecular weight excluding hydrogens is 236 g/mol. The first kappa shape index (κ1) is 12.1. The van der Waals surface area contributed by atoms with E-state index in [9.17, 15) is 0 Å². The highest BCUT2D eigenvalue weighted by atomic mass is 35.5. The summed E-state index contributed by atoms with van der Waals surface area (Å²) in [6.45, 7) is 1.98. The molecule has 1 atom stereocenters. The Hall–Kier alpha value is -1.36. The van der Waals surface area contributed by atoms with Crippen molar-refractivity contribution in [1.82, 2.24) is 15.2 Å². The Morgan fingerprint density at radius 1 is 1.41 bits per heavy atom. The highest BCUT2D eigenvalue weighted by Gasteiger charge is 2.18. The van der Waals surface area contributed by atoms with Crippen LogP contribution in [0.2, 0.25) is 5.02 Å². The average Bonchev–Trinajstić information content (AvgIpc) is 2.72. The van der Waals surface area contributed by atoms with Crippen molar-refractivity contribution < 1.29 is 0 Å². The van der Waals surface area contributed by atoms with Gasteiger partial charge >= 0.3 is 0 Å². The molecule has 2 rings (SSSR count). The van der Waals surface area contributed by atoms with Crippen LogP contribution in [0.25, 0.3) is 0 Å². The summed E-state index contributed by atoms with van der Waals surface area (Å²) < 4.78 is 1.80. The Balaban J connectivity index is 2.50. The largest absolute Gasteiger partial charge is 0.271 e. The number of benzene rings is 1. The van der Waals surface area contributed by atoms with Gasteiger partial charge in [0.1, 0.15) is 0 Å². The third-order valence-corrected chi connectivity index (χ3v) is 3.35. The normalized spacial score (nSPS) is 12.7. The Bertz CT molecular complexity index is 521. The zero-order valence-electron chi connectivity index (χ0n) is 9.81. The number of aromatic nitrogens is 2. The van der Waals surface area contributed by atoms with Crippen LogP contribution in [-0.2, 0) is 7.05 Å². The molecule has 0 amide bonds. The van der Waals surface area contributed by atoms with Gasteiger partial charge in [-0.2, -0.15) is 5.10 Å². The molecule has 90 valence electrons. The van der Waals surface area contributed by atoms with Gasteiger partial charge in [0.05, 0.1) is 11.7 Å². The first-order valence-corrected chi connectivity index (χ1v) is 5.72. The molecule has 0 aliphatic heterocycles. The molecule has 0 radical (unpaired) electrons. The Kier molecular flexibility index (Phi) is 3.47. The fraction of sp³-hybridized carbons (Fsp3) is 0.250. The highest BCUT2D eigenvalue weighted by Crippen LogP contribution is 2.27. The standard InChI is InChI=1S/C12H15ClN4/c1-8-9(4-3-5-10(8)13)12(16-14)11-6-7-15-17(11)2/h3-7,12,16H,14H2,1-2H3. The molecule has 17 heavy (non-hydrogen) atoms. The number of nitrogens with zero attached hydrogens (tertiary/aromatic N) is 2. The van der Waals surface area contributed by atoms with Crippen LogP contribution in [0.5, 0.6) is 0 Å². The summed E-state index contributed by atoms with van der Waals surface area (Å²) in [5, 5.41) is 4.89. The number of nitrogens with two attached hydrogens (primary N) is 1. The number of halogens is 1. The minimum Gasteiger partial charge on any atom is -0.271 e. The van der Waals surface area contributed by atoms with Crippen LogP contribution in [0.4, 0.5) is 0 Å². The third-order valence-electron chi connectivity index (χ3n) is 2.94. The molecule has 0 spiro atoms. The minimum atomic E-state index is -0.110. The molecule has 1 unspecified atom stereocenters. The quantitative estimate of drug-likeness (QED) is 0.647. The second-order valence-electron chi connectivity index (χ2n) is 3.93. The third kappa shape index (κ3) is 2.20. The topological polar surface area (TPSA) is 55.9 Å². The van der Waals surface area contributed by atoms with E-state index in [4.69, 9.17) is 17.4 Å². The lowest BCUT2D eigenvalue weighted by Crippen LogP contribution is -2.30. The molecule has 0 fully saturated rings. The molecule has 1 aromatic carbocycles. The van der Waals surface area contributed by atoms with Crippen LogP contribution < -0.4 is 11.3 Å². The molecule has 0 aliphatic carbocycles. The summed E-state index contributed by atoms with van der Waals surface area (Å²) in [5.41, 5.74) is 5.89. The van der Waals surface area contributed by atoms with E-state index in [1.165, 1.54) is 0 Å². The Morgan fingerprint density at radius 3 is 2.76 bits per heavy atom. The Morgan fingerprint density at radius 2 is 2.18 bits per heavy atom. The first-order chi connectivity index (χ1) is 8.15. The van der Waals surface area contributed by atoms with Gasteiger partial charge in [-0.15, -0.1) is 0 Å². The minimum absolute atomic E-state index is 0.110. The molecule has 1 heterocycles. The zero-order valence-corrected chi connectivity index (χ0v) is 10.6. The summed E-state index contributed by atoms with van der Waals surface area (Å²) in [4.78, 5) is 0. The lowest BCUT2D eigenvalue weighted by Gasteiger charge is -2.19. The second kappa shape index (κ2) is 4.87.